The maximum atomic E-state index is 12.9. The Bertz CT molecular complexity index is 631. The van der Waals surface area contributed by atoms with Gasteiger partial charge in [0.2, 0.25) is 5.91 Å². The molecular formula is C17H26N2O4. The number of ketones is 1. The van der Waals surface area contributed by atoms with Crippen LogP contribution in [0.15, 0.2) is 0 Å². The summed E-state index contributed by atoms with van der Waals surface area (Å²) >= 11 is 0. The maximum Gasteiger partial charge on any atom is 0.354 e. The second kappa shape index (κ2) is 7.44. The molecule has 1 amide bonds. The highest BCUT2D eigenvalue weighted by molar-refractivity contribution is 6.06. The lowest BCUT2D eigenvalue weighted by molar-refractivity contribution is -0.131. The molecule has 23 heavy (non-hydrogen) atoms. The average molecular weight is 322 g/mol. The lowest BCUT2D eigenvalue weighted by Crippen LogP contribution is -2.40. The van der Waals surface area contributed by atoms with E-state index in [1.807, 2.05) is 6.92 Å². The van der Waals surface area contributed by atoms with Gasteiger partial charge in [0.15, 0.2) is 5.78 Å². The van der Waals surface area contributed by atoms with Gasteiger partial charge in [0.05, 0.1) is 13.2 Å². The molecule has 1 aromatic rings. The van der Waals surface area contributed by atoms with Crippen molar-refractivity contribution in [3.63, 3.8) is 0 Å². The van der Waals surface area contributed by atoms with E-state index in [0.29, 0.717) is 28.9 Å². The molecule has 0 aliphatic heterocycles. The van der Waals surface area contributed by atoms with Crippen LogP contribution in [0.2, 0.25) is 0 Å². The zero-order valence-corrected chi connectivity index (χ0v) is 15.0. The predicted molar refractivity (Wildman–Crippen MR) is 87.7 cm³/mol. The zero-order valence-electron chi connectivity index (χ0n) is 15.0. The van der Waals surface area contributed by atoms with E-state index >= 15 is 0 Å². The highest BCUT2D eigenvalue weighted by Gasteiger charge is 2.30. The van der Waals surface area contributed by atoms with Crippen molar-refractivity contribution in [2.75, 3.05) is 14.2 Å². The minimum atomic E-state index is -0.584. The first-order valence-electron chi connectivity index (χ1n) is 7.72. The third kappa shape index (κ3) is 3.46. The van der Waals surface area contributed by atoms with E-state index in [9.17, 15) is 14.4 Å². The van der Waals surface area contributed by atoms with E-state index in [-0.39, 0.29) is 11.7 Å². The van der Waals surface area contributed by atoms with Gasteiger partial charge in [0, 0.05) is 31.8 Å². The number of carbonyl (C=O) groups excluding carboxylic acids is 3. The van der Waals surface area contributed by atoms with E-state index in [0.717, 1.165) is 6.42 Å². The fraction of sp³-hybridized carbons (Fsp3) is 0.588. The van der Waals surface area contributed by atoms with E-state index < -0.39 is 12.0 Å². The zero-order chi connectivity index (χ0) is 17.9. The van der Waals surface area contributed by atoms with Gasteiger partial charge in [-0.2, -0.15) is 0 Å². The average Bonchev–Trinajstić information content (AvgIpc) is 2.74. The number of amides is 1. The van der Waals surface area contributed by atoms with Gasteiger partial charge in [-0.25, -0.2) is 4.79 Å². The molecule has 128 valence electrons. The Morgan fingerprint density at radius 3 is 2.30 bits per heavy atom. The van der Waals surface area contributed by atoms with Crippen molar-refractivity contribution in [3.05, 3.63) is 22.5 Å². The van der Waals surface area contributed by atoms with Crippen molar-refractivity contribution in [1.29, 1.82) is 0 Å². The molecule has 0 aliphatic rings. The van der Waals surface area contributed by atoms with Gasteiger partial charge in [0.25, 0.3) is 0 Å². The van der Waals surface area contributed by atoms with Gasteiger partial charge in [-0.3, -0.25) is 9.59 Å². The number of carbonyl (C=O) groups is 3. The molecule has 0 N–H and O–H groups in total. The van der Waals surface area contributed by atoms with E-state index in [1.165, 1.54) is 12.0 Å². The first-order valence-corrected chi connectivity index (χ1v) is 7.72. The number of nitrogens with zero attached hydrogens (tertiary/aromatic N) is 2. The number of likely N-dealkylation sites (N-methyl/N-ethyl adjacent to an activating group) is 1. The normalized spacial score (nSPS) is 12.0. The Labute approximate surface area is 137 Å². The van der Waals surface area contributed by atoms with E-state index in [1.54, 1.807) is 39.4 Å². The predicted octanol–water partition coefficient (Wildman–Crippen LogP) is 2.26. The van der Waals surface area contributed by atoms with Crippen molar-refractivity contribution >= 4 is 17.7 Å². The summed E-state index contributed by atoms with van der Waals surface area (Å²) in [6, 6.07) is -0.584. The van der Waals surface area contributed by atoms with Gasteiger partial charge >= 0.3 is 5.97 Å². The number of hydrogen-bond acceptors (Lipinski definition) is 4. The Morgan fingerprint density at radius 2 is 1.83 bits per heavy atom. The molecule has 0 bridgehead atoms. The Morgan fingerprint density at radius 1 is 1.26 bits per heavy atom. The van der Waals surface area contributed by atoms with Crippen LogP contribution >= 0.6 is 0 Å². The fourth-order valence-electron chi connectivity index (χ4n) is 2.72. The fourth-order valence-corrected chi connectivity index (χ4v) is 2.72. The molecule has 1 atom stereocenters. The van der Waals surface area contributed by atoms with Crippen molar-refractivity contribution in [2.24, 2.45) is 7.05 Å². The SMILES string of the molecule is CCCC(=O)N(C)C(C)C(=O)c1c(C)c(C(=O)OC)n(C)c1C. The van der Waals surface area contributed by atoms with Crippen molar-refractivity contribution in [1.82, 2.24) is 9.47 Å². The van der Waals surface area contributed by atoms with Crippen LogP contribution in [0.25, 0.3) is 0 Å². The monoisotopic (exact) mass is 322 g/mol. The molecule has 0 aliphatic carbocycles. The second-order valence-electron chi connectivity index (χ2n) is 5.78. The summed E-state index contributed by atoms with van der Waals surface area (Å²) in [4.78, 5) is 38.3. The van der Waals surface area contributed by atoms with Crippen LogP contribution in [-0.2, 0) is 16.6 Å². The molecule has 0 saturated heterocycles. The van der Waals surface area contributed by atoms with Crippen LogP contribution in [0.5, 0.6) is 0 Å². The van der Waals surface area contributed by atoms with E-state index in [2.05, 4.69) is 0 Å². The number of rotatable bonds is 6. The Hall–Kier alpha value is -2.11. The molecule has 6 heteroatoms. The summed E-state index contributed by atoms with van der Waals surface area (Å²) in [7, 11) is 4.67. The van der Waals surface area contributed by atoms with Gasteiger partial charge in [-0.05, 0) is 32.8 Å². The molecule has 0 fully saturated rings. The summed E-state index contributed by atoms with van der Waals surface area (Å²) in [5, 5.41) is 0. The Kier molecular flexibility index (Phi) is 6.12. The minimum Gasteiger partial charge on any atom is -0.464 e. The maximum absolute atomic E-state index is 12.9. The molecule has 1 unspecified atom stereocenters. The van der Waals surface area contributed by atoms with Gasteiger partial charge in [-0.1, -0.05) is 6.92 Å². The third-order valence-electron chi connectivity index (χ3n) is 4.37. The molecule has 0 spiro atoms. The third-order valence-corrected chi connectivity index (χ3v) is 4.37. The first-order chi connectivity index (χ1) is 10.7. The quantitative estimate of drug-likeness (QED) is 0.595. The lowest BCUT2D eigenvalue weighted by atomic mass is 10.00. The smallest absolute Gasteiger partial charge is 0.354 e. The molecule has 6 nitrogen and oxygen atoms in total. The highest BCUT2D eigenvalue weighted by Crippen LogP contribution is 2.24. The summed E-state index contributed by atoms with van der Waals surface area (Å²) in [5.74, 6) is -0.708. The number of methoxy groups -OCH3 is 1. The number of Topliss-reactive ketones (excluding diaryl/α,β-unsaturated/α-hetero) is 1. The van der Waals surface area contributed by atoms with Crippen LogP contribution in [0, 0.1) is 13.8 Å². The summed E-state index contributed by atoms with van der Waals surface area (Å²) in [6.45, 7) is 7.15. The number of aromatic nitrogens is 1. The number of ether oxygens (including phenoxy) is 1. The molecule has 0 saturated carbocycles. The van der Waals surface area contributed by atoms with Crippen molar-refractivity contribution in [2.45, 2.75) is 46.6 Å². The van der Waals surface area contributed by atoms with Crippen LogP contribution in [0.1, 0.15) is 58.8 Å². The van der Waals surface area contributed by atoms with Gasteiger partial charge in [0.1, 0.15) is 5.69 Å². The second-order valence-corrected chi connectivity index (χ2v) is 5.78. The van der Waals surface area contributed by atoms with Crippen LogP contribution < -0.4 is 0 Å². The highest BCUT2D eigenvalue weighted by atomic mass is 16.5. The molecule has 1 heterocycles. The molecule has 0 aromatic carbocycles. The number of hydrogen-bond donors (Lipinski definition) is 0. The minimum absolute atomic E-state index is 0.0622. The van der Waals surface area contributed by atoms with Crippen LogP contribution in [0.4, 0.5) is 0 Å². The molecule has 1 aromatic heterocycles. The molecular weight excluding hydrogens is 296 g/mol. The molecule has 1 rings (SSSR count). The van der Waals surface area contributed by atoms with Gasteiger partial charge < -0.3 is 14.2 Å². The summed E-state index contributed by atoms with van der Waals surface area (Å²) < 4.78 is 6.45. The Balaban J connectivity index is 3.24. The van der Waals surface area contributed by atoms with Crippen molar-refractivity contribution in [3.8, 4) is 0 Å². The van der Waals surface area contributed by atoms with E-state index in [4.69, 9.17) is 4.74 Å². The largest absolute Gasteiger partial charge is 0.464 e. The first kappa shape index (κ1) is 18.9. The van der Waals surface area contributed by atoms with Crippen LogP contribution in [0.3, 0.4) is 0 Å². The van der Waals surface area contributed by atoms with Gasteiger partial charge in [-0.15, -0.1) is 0 Å². The van der Waals surface area contributed by atoms with Crippen LogP contribution in [-0.4, -0.2) is 47.3 Å². The molecule has 0 radical (unpaired) electrons. The summed E-state index contributed by atoms with van der Waals surface area (Å²) in [6.07, 6.45) is 1.15. The topological polar surface area (TPSA) is 68.6 Å². The summed E-state index contributed by atoms with van der Waals surface area (Å²) in [5.41, 5.74) is 2.13. The van der Waals surface area contributed by atoms with Crippen molar-refractivity contribution < 1.29 is 19.1 Å². The lowest BCUT2D eigenvalue weighted by Gasteiger charge is -2.24. The standard InChI is InChI=1S/C17H26N2O4/c1-8-9-13(20)18(5)12(4)16(21)14-10(2)15(17(22)23-7)19(6)11(14)3/h12H,8-9H2,1-7H3. The number of esters is 1.